The third kappa shape index (κ3) is 2.10. The summed E-state index contributed by atoms with van der Waals surface area (Å²) in [5.41, 5.74) is 6.33. The van der Waals surface area contributed by atoms with E-state index in [0.717, 1.165) is 5.52 Å². The van der Waals surface area contributed by atoms with Gasteiger partial charge in [0.15, 0.2) is 5.13 Å². The van der Waals surface area contributed by atoms with Crippen molar-refractivity contribution in [2.75, 3.05) is 5.73 Å². The van der Waals surface area contributed by atoms with Gasteiger partial charge in [-0.15, -0.1) is 0 Å². The molecule has 0 fully saturated rings. The molecule has 0 aliphatic rings. The molecule has 0 unspecified atom stereocenters. The van der Waals surface area contributed by atoms with Crippen molar-refractivity contribution in [1.29, 1.82) is 0 Å². The highest BCUT2D eigenvalue weighted by Gasteiger charge is 2.05. The molecule has 0 saturated carbocycles. The van der Waals surface area contributed by atoms with Crippen LogP contribution in [0.5, 0.6) is 11.6 Å². The van der Waals surface area contributed by atoms with E-state index < -0.39 is 0 Å². The number of rotatable bonds is 2. The summed E-state index contributed by atoms with van der Waals surface area (Å²) in [7, 11) is 0. The maximum atomic E-state index is 12.7. The van der Waals surface area contributed by atoms with Gasteiger partial charge in [0.1, 0.15) is 21.9 Å². The summed E-state index contributed by atoms with van der Waals surface area (Å²) in [4.78, 5) is 9.09. The maximum Gasteiger partial charge on any atom is 0.220 e. The van der Waals surface area contributed by atoms with E-state index in [4.69, 9.17) is 10.5 Å². The molecule has 0 amide bonds. The van der Waals surface area contributed by atoms with Crippen LogP contribution >= 0.6 is 11.3 Å². The first kappa shape index (κ1) is 10.9. The van der Waals surface area contributed by atoms with Crippen LogP contribution in [0.4, 0.5) is 9.52 Å². The quantitative estimate of drug-likeness (QED) is 0.769. The standard InChI is InChI=1S/C12H8FN3OS/c13-7-1-3-8(4-2-7)17-10-6-5-9-11(16-10)18-12(14)15-9/h1-6H,(H2,14,15). The van der Waals surface area contributed by atoms with Crippen LogP contribution in [0.25, 0.3) is 10.3 Å². The highest BCUT2D eigenvalue weighted by Crippen LogP contribution is 2.26. The van der Waals surface area contributed by atoms with Crippen LogP contribution < -0.4 is 10.5 Å². The zero-order valence-corrected chi connectivity index (χ0v) is 9.95. The van der Waals surface area contributed by atoms with Crippen molar-refractivity contribution in [2.24, 2.45) is 0 Å². The lowest BCUT2D eigenvalue weighted by atomic mass is 10.3. The first-order valence-corrected chi connectivity index (χ1v) is 5.99. The molecule has 6 heteroatoms. The number of benzene rings is 1. The summed E-state index contributed by atoms with van der Waals surface area (Å²) in [6.45, 7) is 0. The molecule has 0 radical (unpaired) electrons. The fraction of sp³-hybridized carbons (Fsp3) is 0. The van der Waals surface area contributed by atoms with Gasteiger partial charge in [-0.25, -0.2) is 14.4 Å². The number of ether oxygens (including phenoxy) is 1. The Hall–Kier alpha value is -2.21. The second-order valence-electron chi connectivity index (χ2n) is 3.58. The summed E-state index contributed by atoms with van der Waals surface area (Å²) in [5.74, 6) is 0.652. The molecule has 3 rings (SSSR count). The lowest BCUT2D eigenvalue weighted by Crippen LogP contribution is -1.87. The van der Waals surface area contributed by atoms with Gasteiger partial charge in [0.25, 0.3) is 0 Å². The van der Waals surface area contributed by atoms with Gasteiger partial charge >= 0.3 is 0 Å². The van der Waals surface area contributed by atoms with E-state index in [-0.39, 0.29) is 5.82 Å². The second-order valence-corrected chi connectivity index (χ2v) is 4.59. The van der Waals surface area contributed by atoms with Crippen molar-refractivity contribution >= 4 is 26.8 Å². The van der Waals surface area contributed by atoms with Crippen LogP contribution in [0.15, 0.2) is 36.4 Å². The number of hydrogen-bond acceptors (Lipinski definition) is 5. The molecular weight excluding hydrogens is 253 g/mol. The second kappa shape index (κ2) is 4.23. The summed E-state index contributed by atoms with van der Waals surface area (Å²) >= 11 is 1.29. The first-order valence-electron chi connectivity index (χ1n) is 5.17. The molecular formula is C12H8FN3OS. The van der Waals surface area contributed by atoms with E-state index in [1.165, 1.54) is 23.5 Å². The minimum Gasteiger partial charge on any atom is -0.439 e. The molecule has 0 aliphatic carbocycles. The normalized spacial score (nSPS) is 10.7. The number of hydrogen-bond donors (Lipinski definition) is 1. The average Bonchev–Trinajstić information content (AvgIpc) is 2.71. The summed E-state index contributed by atoms with van der Waals surface area (Å²) in [6.07, 6.45) is 0. The molecule has 0 bridgehead atoms. The van der Waals surface area contributed by atoms with Crippen LogP contribution in [-0.2, 0) is 0 Å². The molecule has 2 N–H and O–H groups in total. The lowest BCUT2D eigenvalue weighted by Gasteiger charge is -2.03. The minimum absolute atomic E-state index is 0.305. The molecule has 0 aliphatic heterocycles. The van der Waals surface area contributed by atoms with Gasteiger partial charge in [0.05, 0.1) is 0 Å². The highest BCUT2D eigenvalue weighted by molar-refractivity contribution is 7.21. The molecule has 3 aromatic rings. The van der Waals surface area contributed by atoms with Gasteiger partial charge in [-0.2, -0.15) is 0 Å². The maximum absolute atomic E-state index is 12.7. The minimum atomic E-state index is -0.305. The summed E-state index contributed by atoms with van der Waals surface area (Å²) in [6, 6.07) is 9.24. The third-order valence-electron chi connectivity index (χ3n) is 2.28. The Kier molecular flexibility index (Phi) is 2.56. The topological polar surface area (TPSA) is 61.0 Å². The van der Waals surface area contributed by atoms with E-state index in [2.05, 4.69) is 9.97 Å². The van der Waals surface area contributed by atoms with E-state index >= 15 is 0 Å². The molecule has 2 aromatic heterocycles. The number of fused-ring (bicyclic) bond motifs is 1. The Morgan fingerprint density at radius 2 is 1.83 bits per heavy atom. The van der Waals surface area contributed by atoms with Crippen molar-refractivity contribution < 1.29 is 9.13 Å². The van der Waals surface area contributed by atoms with E-state index in [0.29, 0.717) is 21.6 Å². The first-order chi connectivity index (χ1) is 8.70. The van der Waals surface area contributed by atoms with Crippen molar-refractivity contribution in [3.8, 4) is 11.6 Å². The smallest absolute Gasteiger partial charge is 0.220 e. The number of anilines is 1. The van der Waals surface area contributed by atoms with Crippen LogP contribution in [0, 0.1) is 5.82 Å². The number of thiazole rings is 1. The van der Waals surface area contributed by atoms with E-state index in [9.17, 15) is 4.39 Å². The van der Waals surface area contributed by atoms with Gasteiger partial charge in [-0.3, -0.25) is 0 Å². The zero-order valence-electron chi connectivity index (χ0n) is 9.13. The Morgan fingerprint density at radius 1 is 1.06 bits per heavy atom. The summed E-state index contributed by atoms with van der Waals surface area (Å²) in [5, 5.41) is 0.469. The number of nitrogens with two attached hydrogens (primary N) is 1. The number of halogens is 1. The van der Waals surface area contributed by atoms with Crippen LogP contribution in [0.1, 0.15) is 0 Å². The third-order valence-corrected chi connectivity index (χ3v) is 3.08. The molecule has 0 saturated heterocycles. The Balaban J connectivity index is 1.92. The zero-order chi connectivity index (χ0) is 12.5. The highest BCUT2D eigenvalue weighted by atomic mass is 32.1. The van der Waals surface area contributed by atoms with Crippen molar-refractivity contribution in [2.45, 2.75) is 0 Å². The molecule has 90 valence electrons. The molecule has 2 heterocycles. The van der Waals surface area contributed by atoms with Crippen molar-refractivity contribution in [3.63, 3.8) is 0 Å². The summed E-state index contributed by atoms with van der Waals surface area (Å²) < 4.78 is 18.3. The van der Waals surface area contributed by atoms with Gasteiger partial charge < -0.3 is 10.5 Å². The molecule has 0 spiro atoms. The van der Waals surface area contributed by atoms with Gasteiger partial charge in [0, 0.05) is 6.07 Å². The Bertz CT molecular complexity index is 696. The lowest BCUT2D eigenvalue weighted by molar-refractivity contribution is 0.463. The monoisotopic (exact) mass is 261 g/mol. The van der Waals surface area contributed by atoms with E-state index in [1.54, 1.807) is 24.3 Å². The number of pyridine rings is 1. The molecule has 18 heavy (non-hydrogen) atoms. The molecule has 4 nitrogen and oxygen atoms in total. The predicted octanol–water partition coefficient (Wildman–Crippen LogP) is 3.20. The van der Waals surface area contributed by atoms with Crippen molar-refractivity contribution in [1.82, 2.24) is 9.97 Å². The number of aromatic nitrogens is 2. The largest absolute Gasteiger partial charge is 0.439 e. The van der Waals surface area contributed by atoms with Gasteiger partial charge in [-0.1, -0.05) is 11.3 Å². The Morgan fingerprint density at radius 3 is 2.61 bits per heavy atom. The fourth-order valence-corrected chi connectivity index (χ4v) is 2.19. The molecule has 0 atom stereocenters. The average molecular weight is 261 g/mol. The van der Waals surface area contributed by atoms with E-state index in [1.807, 2.05) is 0 Å². The van der Waals surface area contributed by atoms with Gasteiger partial charge in [0.2, 0.25) is 5.88 Å². The van der Waals surface area contributed by atoms with Crippen LogP contribution in [0.3, 0.4) is 0 Å². The molecule has 1 aromatic carbocycles. The predicted molar refractivity (Wildman–Crippen MR) is 68.3 cm³/mol. The van der Waals surface area contributed by atoms with Crippen LogP contribution in [-0.4, -0.2) is 9.97 Å². The SMILES string of the molecule is Nc1nc2ccc(Oc3ccc(F)cc3)nc2s1. The van der Waals surface area contributed by atoms with Crippen molar-refractivity contribution in [3.05, 3.63) is 42.2 Å². The Labute approximate surface area is 106 Å². The van der Waals surface area contributed by atoms with Crippen LogP contribution in [0.2, 0.25) is 0 Å². The number of nitrogen functional groups attached to an aromatic ring is 1. The van der Waals surface area contributed by atoms with Gasteiger partial charge in [-0.05, 0) is 30.3 Å². The number of nitrogens with zero attached hydrogens (tertiary/aromatic N) is 2. The fourth-order valence-electron chi connectivity index (χ4n) is 1.50.